The highest BCUT2D eigenvalue weighted by Gasteiger charge is 2.29. The Morgan fingerprint density at radius 3 is 2.56 bits per heavy atom. The Morgan fingerprint density at radius 1 is 1.07 bits per heavy atom. The number of hydrogen-bond acceptors (Lipinski definition) is 6. The van der Waals surface area contributed by atoms with Crippen LogP contribution < -0.4 is 9.47 Å². The van der Waals surface area contributed by atoms with E-state index < -0.39 is 10.0 Å². The van der Waals surface area contributed by atoms with Crippen molar-refractivity contribution in [1.82, 2.24) is 9.29 Å². The molecule has 0 saturated heterocycles. The molecule has 3 rings (SSSR count). The first-order chi connectivity index (χ1) is 13.0. The van der Waals surface area contributed by atoms with Gasteiger partial charge in [0.2, 0.25) is 10.0 Å². The summed E-state index contributed by atoms with van der Waals surface area (Å²) >= 11 is 1.53. The third-order valence-electron chi connectivity index (χ3n) is 3.99. The van der Waals surface area contributed by atoms with Crippen molar-refractivity contribution in [3.8, 4) is 11.5 Å². The van der Waals surface area contributed by atoms with E-state index in [1.807, 2.05) is 22.9 Å². The van der Waals surface area contributed by atoms with Gasteiger partial charge in [0.1, 0.15) is 16.4 Å². The van der Waals surface area contributed by atoms with Crippen LogP contribution in [0.4, 0.5) is 0 Å². The molecule has 0 bridgehead atoms. The maximum atomic E-state index is 13.5. The van der Waals surface area contributed by atoms with Gasteiger partial charge in [-0.1, -0.05) is 6.07 Å². The van der Waals surface area contributed by atoms with E-state index in [0.717, 1.165) is 5.56 Å². The molecule has 2 aromatic heterocycles. The number of hydrogen-bond donors (Lipinski definition) is 0. The standard InChI is InChI=1S/C19H20N2O4S2/c1-24-17-6-7-18(25-2)19(11-17)27(22,23)21(12-15-8-10-26-14-15)13-16-5-3-4-9-20-16/h3-11,14H,12-13H2,1-2H3. The van der Waals surface area contributed by atoms with Crippen LogP contribution in [0.2, 0.25) is 0 Å². The van der Waals surface area contributed by atoms with Crippen LogP contribution in [0.25, 0.3) is 0 Å². The SMILES string of the molecule is COc1ccc(OC)c(S(=O)(=O)N(Cc2ccsc2)Cc2ccccn2)c1. The van der Waals surface area contributed by atoms with Crippen LogP contribution in [0.1, 0.15) is 11.3 Å². The van der Waals surface area contributed by atoms with E-state index in [1.165, 1.54) is 35.9 Å². The summed E-state index contributed by atoms with van der Waals surface area (Å²) in [5, 5.41) is 3.86. The Balaban J connectivity index is 2.04. The average molecular weight is 405 g/mol. The van der Waals surface area contributed by atoms with Crippen LogP contribution in [-0.4, -0.2) is 31.9 Å². The number of nitrogens with zero attached hydrogens (tertiary/aromatic N) is 2. The largest absolute Gasteiger partial charge is 0.497 e. The minimum Gasteiger partial charge on any atom is -0.497 e. The van der Waals surface area contributed by atoms with Gasteiger partial charge in [-0.15, -0.1) is 0 Å². The van der Waals surface area contributed by atoms with Gasteiger partial charge >= 0.3 is 0 Å². The summed E-state index contributed by atoms with van der Waals surface area (Å²) < 4.78 is 38.8. The number of thiophene rings is 1. The third kappa shape index (κ3) is 4.47. The fourth-order valence-corrected chi connectivity index (χ4v) is 4.84. The smallest absolute Gasteiger partial charge is 0.247 e. The predicted molar refractivity (Wildman–Crippen MR) is 105 cm³/mol. The Morgan fingerprint density at radius 2 is 1.93 bits per heavy atom. The number of benzene rings is 1. The molecule has 6 nitrogen and oxygen atoms in total. The average Bonchev–Trinajstić information content (AvgIpc) is 3.21. The molecule has 0 unspecified atom stereocenters. The number of pyridine rings is 1. The van der Waals surface area contributed by atoms with E-state index in [2.05, 4.69) is 4.98 Å². The molecule has 0 aliphatic carbocycles. The summed E-state index contributed by atoms with van der Waals surface area (Å²) in [7, 11) is -0.915. The minimum absolute atomic E-state index is 0.0653. The molecular weight excluding hydrogens is 384 g/mol. The molecule has 3 aromatic rings. The van der Waals surface area contributed by atoms with Gasteiger partial charge in [0.15, 0.2) is 0 Å². The lowest BCUT2D eigenvalue weighted by molar-refractivity contribution is 0.375. The van der Waals surface area contributed by atoms with E-state index in [9.17, 15) is 8.42 Å². The van der Waals surface area contributed by atoms with Crippen molar-refractivity contribution < 1.29 is 17.9 Å². The number of aromatic nitrogens is 1. The Bertz CT molecular complexity index is 974. The zero-order valence-electron chi connectivity index (χ0n) is 15.0. The Kier molecular flexibility index (Phi) is 6.10. The minimum atomic E-state index is -3.86. The van der Waals surface area contributed by atoms with Crippen molar-refractivity contribution in [3.63, 3.8) is 0 Å². The van der Waals surface area contributed by atoms with Crippen LogP contribution in [0.5, 0.6) is 11.5 Å². The van der Waals surface area contributed by atoms with Gasteiger partial charge in [-0.2, -0.15) is 15.6 Å². The second kappa shape index (κ2) is 8.51. The van der Waals surface area contributed by atoms with Gasteiger partial charge in [-0.3, -0.25) is 4.98 Å². The molecule has 8 heteroatoms. The first kappa shape index (κ1) is 19.3. The van der Waals surface area contributed by atoms with Crippen molar-refractivity contribution >= 4 is 21.4 Å². The molecule has 2 heterocycles. The summed E-state index contributed by atoms with van der Waals surface area (Å²) in [6.45, 7) is 0.391. The lowest BCUT2D eigenvalue weighted by Gasteiger charge is -2.23. The molecule has 1 aromatic carbocycles. The van der Waals surface area contributed by atoms with Gasteiger partial charge in [-0.05, 0) is 46.7 Å². The molecule has 0 radical (unpaired) electrons. The first-order valence-corrected chi connectivity index (χ1v) is 10.6. The van der Waals surface area contributed by atoms with Gasteiger partial charge in [0.25, 0.3) is 0 Å². The highest BCUT2D eigenvalue weighted by molar-refractivity contribution is 7.89. The van der Waals surface area contributed by atoms with Gasteiger partial charge in [0, 0.05) is 18.8 Å². The molecule has 0 aliphatic rings. The van der Waals surface area contributed by atoms with Crippen molar-refractivity contribution in [1.29, 1.82) is 0 Å². The Labute approximate surface area is 163 Å². The lowest BCUT2D eigenvalue weighted by Crippen LogP contribution is -2.30. The highest BCUT2D eigenvalue weighted by atomic mass is 32.2. The molecule has 0 fully saturated rings. The number of methoxy groups -OCH3 is 2. The van der Waals surface area contributed by atoms with Crippen LogP contribution in [0.3, 0.4) is 0 Å². The van der Waals surface area contributed by atoms with E-state index in [1.54, 1.807) is 30.5 Å². The third-order valence-corrected chi connectivity index (χ3v) is 6.54. The van der Waals surface area contributed by atoms with Crippen LogP contribution in [0.15, 0.2) is 64.3 Å². The summed E-state index contributed by atoms with van der Waals surface area (Å²) in [4.78, 5) is 4.34. The summed E-state index contributed by atoms with van der Waals surface area (Å²) in [6, 6.07) is 12.1. The quantitative estimate of drug-likeness (QED) is 0.574. The second-order valence-electron chi connectivity index (χ2n) is 5.74. The van der Waals surface area contributed by atoms with Crippen LogP contribution in [0, 0.1) is 0 Å². The van der Waals surface area contributed by atoms with Crippen molar-refractivity contribution in [2.45, 2.75) is 18.0 Å². The number of ether oxygens (including phenoxy) is 2. The van der Waals surface area contributed by atoms with Crippen molar-refractivity contribution in [2.75, 3.05) is 14.2 Å². The number of rotatable bonds is 8. The molecule has 27 heavy (non-hydrogen) atoms. The van der Waals surface area contributed by atoms with E-state index in [4.69, 9.17) is 9.47 Å². The monoisotopic (exact) mass is 404 g/mol. The highest BCUT2D eigenvalue weighted by Crippen LogP contribution is 2.32. The van der Waals surface area contributed by atoms with Crippen molar-refractivity contribution in [2.24, 2.45) is 0 Å². The normalized spacial score (nSPS) is 11.5. The summed E-state index contributed by atoms with van der Waals surface area (Å²) in [5.74, 6) is 0.717. The van der Waals surface area contributed by atoms with Gasteiger partial charge in [0.05, 0.1) is 26.5 Å². The van der Waals surface area contributed by atoms with Gasteiger partial charge < -0.3 is 9.47 Å². The maximum absolute atomic E-state index is 13.5. The lowest BCUT2D eigenvalue weighted by atomic mass is 10.3. The molecule has 0 atom stereocenters. The first-order valence-electron chi connectivity index (χ1n) is 8.17. The summed E-state index contributed by atoms with van der Waals surface area (Å²) in [6.07, 6.45) is 1.65. The van der Waals surface area contributed by atoms with Crippen LogP contribution in [-0.2, 0) is 23.1 Å². The zero-order chi connectivity index (χ0) is 19.3. The second-order valence-corrected chi connectivity index (χ2v) is 8.43. The molecule has 0 aliphatic heterocycles. The molecule has 0 amide bonds. The number of sulfonamides is 1. The van der Waals surface area contributed by atoms with Crippen molar-refractivity contribution in [3.05, 3.63) is 70.7 Å². The Hall–Kier alpha value is -2.42. The summed E-state index contributed by atoms with van der Waals surface area (Å²) in [5.41, 5.74) is 1.58. The zero-order valence-corrected chi connectivity index (χ0v) is 16.7. The van der Waals surface area contributed by atoms with Crippen LogP contribution >= 0.6 is 11.3 Å². The van der Waals surface area contributed by atoms with E-state index in [-0.39, 0.29) is 23.7 Å². The van der Waals surface area contributed by atoms with E-state index in [0.29, 0.717) is 11.4 Å². The molecule has 142 valence electrons. The predicted octanol–water partition coefficient (Wildman–Crippen LogP) is 3.55. The topological polar surface area (TPSA) is 68.7 Å². The van der Waals surface area contributed by atoms with Gasteiger partial charge in [-0.25, -0.2) is 8.42 Å². The maximum Gasteiger partial charge on any atom is 0.247 e. The molecular formula is C19H20N2O4S2. The fourth-order valence-electron chi connectivity index (χ4n) is 2.61. The molecule has 0 N–H and O–H groups in total. The molecule has 0 spiro atoms. The van der Waals surface area contributed by atoms with E-state index >= 15 is 0 Å². The molecule has 0 saturated carbocycles. The fraction of sp³-hybridized carbons (Fsp3) is 0.211.